The highest BCUT2D eigenvalue weighted by atomic mass is 16.5. The van der Waals surface area contributed by atoms with Gasteiger partial charge in [-0.05, 0) is 60.7 Å². The Morgan fingerprint density at radius 3 is 2.26 bits per heavy atom. The molecule has 0 radical (unpaired) electrons. The third-order valence-corrected chi connectivity index (χ3v) is 7.77. The molecule has 0 unspecified atom stereocenters. The molecule has 8 aromatic rings. The van der Waals surface area contributed by atoms with Gasteiger partial charge in [-0.2, -0.15) is 0 Å². The Labute approximate surface area is 223 Å². The van der Waals surface area contributed by atoms with E-state index in [0.29, 0.717) is 5.95 Å². The fourth-order valence-corrected chi connectivity index (χ4v) is 6.11. The van der Waals surface area contributed by atoms with E-state index in [4.69, 9.17) is 14.7 Å². The molecule has 0 saturated carbocycles. The standard InChI is InChI=1S/C34H20N4O/c1-2-9-21(10-3-1)38-27-14-6-4-11-22(27)31-23-19-20-37(26(23)17-18-28(31)38)34-35-25-13-8-16-30-32(25)33(36-34)24-12-5-7-15-29(24)39-30/h1-20H. The first-order chi connectivity index (χ1) is 19.3. The molecule has 0 bridgehead atoms. The molecule has 0 atom stereocenters. The van der Waals surface area contributed by atoms with Crippen LogP contribution in [0.5, 0.6) is 11.5 Å². The first kappa shape index (κ1) is 20.6. The maximum atomic E-state index is 6.19. The van der Waals surface area contributed by atoms with Gasteiger partial charge in [0.2, 0.25) is 5.95 Å². The Bertz CT molecular complexity index is 2260. The second-order valence-corrected chi connectivity index (χ2v) is 9.89. The number of para-hydroxylation sites is 3. The fraction of sp³-hybridized carbons (Fsp3) is 0. The quantitative estimate of drug-likeness (QED) is 0.239. The monoisotopic (exact) mass is 500 g/mol. The second-order valence-electron chi connectivity index (χ2n) is 9.89. The molecule has 182 valence electrons. The summed E-state index contributed by atoms with van der Waals surface area (Å²) in [4.78, 5) is 10.1. The van der Waals surface area contributed by atoms with Crippen molar-refractivity contribution in [3.05, 3.63) is 121 Å². The van der Waals surface area contributed by atoms with Crippen LogP contribution in [0.4, 0.5) is 0 Å². The van der Waals surface area contributed by atoms with Gasteiger partial charge in [-0.3, -0.25) is 4.57 Å². The topological polar surface area (TPSA) is 44.9 Å². The van der Waals surface area contributed by atoms with Crippen molar-refractivity contribution in [2.75, 3.05) is 0 Å². The minimum Gasteiger partial charge on any atom is -0.456 e. The Morgan fingerprint density at radius 2 is 1.31 bits per heavy atom. The zero-order valence-electron chi connectivity index (χ0n) is 20.7. The lowest BCUT2D eigenvalue weighted by atomic mass is 10.0. The smallest absolute Gasteiger partial charge is 0.235 e. The summed E-state index contributed by atoms with van der Waals surface area (Å²) in [5.74, 6) is 2.25. The van der Waals surface area contributed by atoms with E-state index in [1.54, 1.807) is 0 Å². The van der Waals surface area contributed by atoms with Crippen molar-refractivity contribution in [1.82, 2.24) is 19.1 Å². The molecule has 39 heavy (non-hydrogen) atoms. The Balaban J connectivity index is 1.34. The predicted molar refractivity (Wildman–Crippen MR) is 156 cm³/mol. The highest BCUT2D eigenvalue weighted by Crippen LogP contribution is 2.45. The van der Waals surface area contributed by atoms with E-state index >= 15 is 0 Å². The molecule has 0 spiro atoms. The van der Waals surface area contributed by atoms with Gasteiger partial charge >= 0.3 is 0 Å². The Hall–Kier alpha value is -5.42. The van der Waals surface area contributed by atoms with E-state index in [-0.39, 0.29) is 0 Å². The molecule has 1 aliphatic heterocycles. The van der Waals surface area contributed by atoms with E-state index in [1.807, 2.05) is 36.4 Å². The molecule has 5 aromatic carbocycles. The summed E-state index contributed by atoms with van der Waals surface area (Å²) in [7, 11) is 0. The highest BCUT2D eigenvalue weighted by molar-refractivity contribution is 6.21. The lowest BCUT2D eigenvalue weighted by Gasteiger charge is -2.20. The molecular weight excluding hydrogens is 480 g/mol. The van der Waals surface area contributed by atoms with Crippen LogP contribution in [0, 0.1) is 0 Å². The number of aromatic nitrogens is 4. The molecule has 3 aromatic heterocycles. The third-order valence-electron chi connectivity index (χ3n) is 7.77. The van der Waals surface area contributed by atoms with Gasteiger partial charge in [-0.15, -0.1) is 0 Å². The summed E-state index contributed by atoms with van der Waals surface area (Å²) in [5, 5.41) is 4.58. The van der Waals surface area contributed by atoms with E-state index < -0.39 is 0 Å². The molecule has 0 N–H and O–H groups in total. The molecule has 0 fully saturated rings. The van der Waals surface area contributed by atoms with Gasteiger partial charge in [0.05, 0.1) is 33.1 Å². The number of benzene rings is 5. The van der Waals surface area contributed by atoms with E-state index in [9.17, 15) is 0 Å². The molecule has 4 heterocycles. The number of ether oxygens (including phenoxy) is 1. The van der Waals surface area contributed by atoms with Crippen LogP contribution in [0.1, 0.15) is 0 Å². The van der Waals surface area contributed by atoms with Crippen LogP contribution in [0.3, 0.4) is 0 Å². The van der Waals surface area contributed by atoms with Gasteiger partial charge in [0.15, 0.2) is 0 Å². The maximum absolute atomic E-state index is 6.19. The number of fused-ring (bicyclic) bond motifs is 7. The van der Waals surface area contributed by atoms with Crippen LogP contribution in [0.2, 0.25) is 0 Å². The van der Waals surface area contributed by atoms with Gasteiger partial charge in [-0.1, -0.05) is 54.6 Å². The molecular formula is C34H20N4O. The summed E-state index contributed by atoms with van der Waals surface area (Å²) in [6.45, 7) is 0. The lowest BCUT2D eigenvalue weighted by molar-refractivity contribution is 0.486. The van der Waals surface area contributed by atoms with E-state index in [0.717, 1.165) is 44.9 Å². The van der Waals surface area contributed by atoms with E-state index in [1.165, 1.54) is 27.2 Å². The van der Waals surface area contributed by atoms with E-state index in [2.05, 4.69) is 94.2 Å². The maximum Gasteiger partial charge on any atom is 0.235 e. The van der Waals surface area contributed by atoms with Crippen LogP contribution in [-0.4, -0.2) is 19.1 Å². The summed E-state index contributed by atoms with van der Waals surface area (Å²) in [6.07, 6.45) is 2.09. The molecule has 5 heteroatoms. The van der Waals surface area contributed by atoms with Gasteiger partial charge in [0.1, 0.15) is 11.5 Å². The number of hydrogen-bond acceptors (Lipinski definition) is 3. The van der Waals surface area contributed by atoms with Crippen LogP contribution < -0.4 is 4.74 Å². The molecule has 0 aliphatic carbocycles. The van der Waals surface area contributed by atoms with Gasteiger partial charge < -0.3 is 9.30 Å². The summed E-state index contributed by atoms with van der Waals surface area (Å²) in [5.41, 5.74) is 7.33. The van der Waals surface area contributed by atoms with Gasteiger partial charge in [0, 0.05) is 33.6 Å². The van der Waals surface area contributed by atoms with Gasteiger partial charge in [-0.25, -0.2) is 9.97 Å². The summed E-state index contributed by atoms with van der Waals surface area (Å²) >= 11 is 0. The predicted octanol–water partition coefficient (Wildman–Crippen LogP) is 8.44. The van der Waals surface area contributed by atoms with Crippen molar-refractivity contribution in [1.29, 1.82) is 0 Å². The number of hydrogen-bond donors (Lipinski definition) is 0. The Morgan fingerprint density at radius 1 is 0.538 bits per heavy atom. The van der Waals surface area contributed by atoms with Crippen molar-refractivity contribution in [3.8, 4) is 34.4 Å². The molecule has 9 rings (SSSR count). The molecule has 1 aliphatic rings. The molecule has 0 amide bonds. The average Bonchev–Trinajstić information content (AvgIpc) is 3.57. The van der Waals surface area contributed by atoms with Gasteiger partial charge in [0.25, 0.3) is 0 Å². The lowest BCUT2D eigenvalue weighted by Crippen LogP contribution is -2.05. The third kappa shape index (κ3) is 2.79. The minimum absolute atomic E-state index is 0.646. The first-order valence-corrected chi connectivity index (χ1v) is 13.0. The fourth-order valence-electron chi connectivity index (χ4n) is 6.11. The number of nitrogens with zero attached hydrogens (tertiary/aromatic N) is 4. The van der Waals surface area contributed by atoms with Crippen LogP contribution in [-0.2, 0) is 0 Å². The Kier molecular flexibility index (Phi) is 3.99. The van der Waals surface area contributed by atoms with Crippen molar-refractivity contribution in [2.24, 2.45) is 0 Å². The van der Waals surface area contributed by atoms with Crippen molar-refractivity contribution < 1.29 is 4.74 Å². The van der Waals surface area contributed by atoms with Crippen molar-refractivity contribution in [3.63, 3.8) is 0 Å². The normalized spacial score (nSPS) is 12.3. The summed E-state index contributed by atoms with van der Waals surface area (Å²) in [6, 6.07) is 39.8. The van der Waals surface area contributed by atoms with Crippen LogP contribution in [0.25, 0.3) is 66.5 Å². The zero-order chi connectivity index (χ0) is 25.5. The SMILES string of the molecule is c1ccc(-n2c3ccccc3c3c4ccn(-c5nc6c7c(cccc7n5)Oc5ccccc5-6)c4ccc32)cc1. The van der Waals surface area contributed by atoms with Crippen molar-refractivity contribution in [2.45, 2.75) is 0 Å². The zero-order valence-corrected chi connectivity index (χ0v) is 20.7. The van der Waals surface area contributed by atoms with Crippen LogP contribution >= 0.6 is 0 Å². The van der Waals surface area contributed by atoms with Crippen molar-refractivity contribution >= 4 is 43.6 Å². The first-order valence-electron chi connectivity index (χ1n) is 13.0. The largest absolute Gasteiger partial charge is 0.456 e. The summed E-state index contributed by atoms with van der Waals surface area (Å²) < 4.78 is 10.6. The van der Waals surface area contributed by atoms with Crippen LogP contribution in [0.15, 0.2) is 121 Å². The molecule has 0 saturated heterocycles. The number of rotatable bonds is 2. The molecule has 5 nitrogen and oxygen atoms in total. The average molecular weight is 501 g/mol. The minimum atomic E-state index is 0.646. The second kappa shape index (κ2) is 7.55. The highest BCUT2D eigenvalue weighted by Gasteiger charge is 2.24.